The number of nitrogens with zero attached hydrogens (tertiary/aromatic N) is 3. The maximum Gasteiger partial charge on any atom is 0.352 e. The quantitative estimate of drug-likeness (QED) is 0.182. The number of oxime groups is 1. The van der Waals surface area contributed by atoms with E-state index in [1.54, 1.807) is 0 Å². The largest absolute Gasteiger partial charge is 0.477 e. The Morgan fingerprint density at radius 3 is 2.96 bits per heavy atom. The normalized spacial score (nSPS) is 29.6. The van der Waals surface area contributed by atoms with Crippen molar-refractivity contribution in [2.45, 2.75) is 16.4 Å². The molecular weight excluding hydrogens is 396 g/mol. The molecule has 5 N–H and O–H groups in total. The van der Waals surface area contributed by atoms with Crippen molar-refractivity contribution in [1.82, 2.24) is 14.9 Å². The van der Waals surface area contributed by atoms with E-state index >= 15 is 0 Å². The van der Waals surface area contributed by atoms with Gasteiger partial charge in [-0.05, 0) is 5.57 Å². The topological polar surface area (TPSA) is 159 Å². The number of hydrogen-bond acceptors (Lipinski definition) is 10. The number of β-lactam (4-membered cyclic amide) rings is 1. The van der Waals surface area contributed by atoms with Crippen LogP contribution >= 0.6 is 23.7 Å². The molecule has 0 bridgehead atoms. The molecule has 3 aliphatic rings. The van der Waals surface area contributed by atoms with Gasteiger partial charge in [0.1, 0.15) is 24.2 Å². The zero-order valence-corrected chi connectivity index (χ0v) is 15.7. The summed E-state index contributed by atoms with van der Waals surface area (Å²) >= 11 is 2.27. The standard InChI is InChI=1S/C14H16N6O5S2/c1-3-6-4-26-12-7(11(22)20(12)8(6)13(23)24)18-10(21)9(19-25-2)14(15)16-5-17-27-14/h3,5,7,12H,1,4,15H2,2H3,(H,16,17)(H,18,21)(H,23,24)/b19-9+/t7?,12-,14?/m1/s1. The number of thioether (sulfide) groups is 1. The molecule has 3 rings (SSSR count). The fraction of sp³-hybridized carbons (Fsp3) is 0.357. The molecule has 0 aromatic heterocycles. The lowest BCUT2D eigenvalue weighted by molar-refractivity contribution is -0.150. The molecule has 0 aromatic rings. The number of aliphatic carboxylic acids is 1. The van der Waals surface area contributed by atoms with Crippen molar-refractivity contribution >= 4 is 53.5 Å². The Labute approximate surface area is 162 Å². The van der Waals surface area contributed by atoms with Crippen LogP contribution in [0, 0.1) is 0 Å². The van der Waals surface area contributed by atoms with E-state index in [0.29, 0.717) is 11.3 Å². The Morgan fingerprint density at radius 2 is 2.41 bits per heavy atom. The van der Waals surface area contributed by atoms with Crippen molar-refractivity contribution in [3.05, 3.63) is 23.9 Å². The van der Waals surface area contributed by atoms with Crippen LogP contribution in [0.3, 0.4) is 0 Å². The lowest BCUT2D eigenvalue weighted by Gasteiger charge is -2.49. The second kappa shape index (κ2) is 7.25. The number of fused-ring (bicyclic) bond motifs is 1. The Kier molecular flexibility index (Phi) is 5.17. The van der Waals surface area contributed by atoms with E-state index in [1.807, 2.05) is 0 Å². The Hall–Kier alpha value is -2.51. The highest BCUT2D eigenvalue weighted by Crippen LogP contribution is 2.40. The number of nitrogens with two attached hydrogens (primary N) is 1. The van der Waals surface area contributed by atoms with Crippen LogP contribution in [0.5, 0.6) is 0 Å². The van der Waals surface area contributed by atoms with Gasteiger partial charge in [-0.15, -0.1) is 11.8 Å². The fourth-order valence-corrected chi connectivity index (χ4v) is 4.70. The molecule has 144 valence electrons. The van der Waals surface area contributed by atoms with Crippen molar-refractivity contribution in [3.63, 3.8) is 0 Å². The second-order valence-electron chi connectivity index (χ2n) is 5.54. The first kappa shape index (κ1) is 19.3. The molecule has 13 heteroatoms. The first-order valence-corrected chi connectivity index (χ1v) is 9.42. The van der Waals surface area contributed by atoms with Crippen LogP contribution in [-0.2, 0) is 19.2 Å². The number of allylic oxidation sites excluding steroid dienone is 1. The Balaban J connectivity index is 1.79. The monoisotopic (exact) mass is 412 g/mol. The van der Waals surface area contributed by atoms with Crippen LogP contribution in [0.1, 0.15) is 0 Å². The van der Waals surface area contributed by atoms with Crippen LogP contribution in [0.2, 0.25) is 0 Å². The minimum Gasteiger partial charge on any atom is -0.477 e. The van der Waals surface area contributed by atoms with Gasteiger partial charge in [-0.1, -0.05) is 17.8 Å². The lowest BCUT2D eigenvalue weighted by atomic mass is 10.0. The molecule has 0 aromatic carbocycles. The lowest BCUT2D eigenvalue weighted by Crippen LogP contribution is -2.71. The van der Waals surface area contributed by atoms with Crippen LogP contribution in [0.25, 0.3) is 0 Å². The Bertz CT molecular complexity index is 812. The van der Waals surface area contributed by atoms with Gasteiger partial charge in [0.05, 0.1) is 6.34 Å². The van der Waals surface area contributed by atoms with Gasteiger partial charge in [0.15, 0.2) is 5.71 Å². The van der Waals surface area contributed by atoms with Gasteiger partial charge in [0, 0.05) is 17.7 Å². The first-order valence-electron chi connectivity index (χ1n) is 7.56. The average molecular weight is 412 g/mol. The van der Waals surface area contributed by atoms with Crippen LogP contribution in [0.4, 0.5) is 0 Å². The molecule has 0 radical (unpaired) electrons. The smallest absolute Gasteiger partial charge is 0.352 e. The van der Waals surface area contributed by atoms with E-state index in [-0.39, 0.29) is 11.4 Å². The molecule has 1 saturated heterocycles. The SMILES string of the molecule is C=CC1=C(C(=O)O)N2C(=O)C(NC(=O)/C(=N\OC)C3(N)N=CNS3)[C@H]2SC1. The van der Waals surface area contributed by atoms with Gasteiger partial charge >= 0.3 is 5.97 Å². The van der Waals surface area contributed by atoms with Gasteiger partial charge in [-0.2, -0.15) is 0 Å². The summed E-state index contributed by atoms with van der Waals surface area (Å²) in [5.74, 6) is -2.14. The number of nitrogens with one attached hydrogen (secondary N) is 2. The van der Waals surface area contributed by atoms with Gasteiger partial charge in [0.25, 0.3) is 11.8 Å². The van der Waals surface area contributed by atoms with Gasteiger partial charge < -0.3 is 20.0 Å². The summed E-state index contributed by atoms with van der Waals surface area (Å²) in [4.78, 5) is 44.9. The maximum atomic E-state index is 12.6. The maximum absolute atomic E-state index is 12.6. The minimum absolute atomic E-state index is 0.120. The third-order valence-electron chi connectivity index (χ3n) is 3.99. The molecule has 0 saturated carbocycles. The third-order valence-corrected chi connectivity index (χ3v) is 6.13. The molecule has 0 spiro atoms. The van der Waals surface area contributed by atoms with E-state index in [1.165, 1.54) is 31.3 Å². The van der Waals surface area contributed by atoms with Gasteiger partial charge in [-0.3, -0.25) is 20.2 Å². The predicted octanol–water partition coefficient (Wildman–Crippen LogP) is -1.19. The summed E-state index contributed by atoms with van der Waals surface area (Å²) in [6.07, 6.45) is 2.73. The second-order valence-corrected chi connectivity index (χ2v) is 7.71. The number of carboxylic acids is 1. The van der Waals surface area contributed by atoms with E-state index in [4.69, 9.17) is 5.73 Å². The Morgan fingerprint density at radius 1 is 1.67 bits per heavy atom. The number of carbonyl (C=O) groups is 3. The van der Waals surface area contributed by atoms with E-state index in [9.17, 15) is 19.5 Å². The van der Waals surface area contributed by atoms with Gasteiger partial charge in [0.2, 0.25) is 4.99 Å². The predicted molar refractivity (Wildman–Crippen MR) is 100 cm³/mol. The first-order chi connectivity index (χ1) is 12.8. The highest BCUT2D eigenvalue weighted by molar-refractivity contribution is 8.00. The number of hydrogen-bond donors (Lipinski definition) is 4. The summed E-state index contributed by atoms with van der Waals surface area (Å²) in [7, 11) is 1.25. The number of carbonyl (C=O) groups excluding carboxylic acids is 2. The van der Waals surface area contributed by atoms with Crippen molar-refractivity contribution < 1.29 is 24.3 Å². The van der Waals surface area contributed by atoms with E-state index in [2.05, 4.69) is 31.6 Å². The van der Waals surface area contributed by atoms with Crippen molar-refractivity contribution in [2.24, 2.45) is 15.9 Å². The molecular formula is C14H16N6O5S2. The highest BCUT2D eigenvalue weighted by Gasteiger charge is 2.55. The number of rotatable bonds is 6. The van der Waals surface area contributed by atoms with Crippen molar-refractivity contribution in [3.8, 4) is 0 Å². The van der Waals surface area contributed by atoms with Gasteiger partial charge in [-0.25, -0.2) is 9.79 Å². The van der Waals surface area contributed by atoms with Crippen LogP contribution in [-0.4, -0.2) is 69.1 Å². The zero-order valence-electron chi connectivity index (χ0n) is 14.0. The van der Waals surface area contributed by atoms with Crippen molar-refractivity contribution in [1.29, 1.82) is 0 Å². The molecule has 3 heterocycles. The zero-order chi connectivity index (χ0) is 19.8. The number of carboxylic acid groups (broad SMARTS) is 1. The third kappa shape index (κ3) is 3.17. The molecule has 11 nitrogen and oxygen atoms in total. The van der Waals surface area contributed by atoms with Crippen molar-refractivity contribution in [2.75, 3.05) is 12.9 Å². The molecule has 3 atom stereocenters. The number of amides is 2. The molecule has 3 aliphatic heterocycles. The van der Waals surface area contributed by atoms with E-state index in [0.717, 1.165) is 16.8 Å². The van der Waals surface area contributed by atoms with E-state index < -0.39 is 34.2 Å². The molecule has 1 fully saturated rings. The molecule has 2 unspecified atom stereocenters. The highest BCUT2D eigenvalue weighted by atomic mass is 32.2. The summed E-state index contributed by atoms with van der Waals surface area (Å²) < 4.78 is 2.70. The van der Waals surface area contributed by atoms with Crippen LogP contribution < -0.4 is 15.8 Å². The summed E-state index contributed by atoms with van der Waals surface area (Å²) in [5.41, 5.74) is 6.12. The average Bonchev–Trinajstić information content (AvgIpc) is 3.09. The van der Waals surface area contributed by atoms with Crippen LogP contribution in [0.15, 0.2) is 34.1 Å². The fourth-order valence-electron chi connectivity index (χ4n) is 2.74. The molecule has 2 amide bonds. The summed E-state index contributed by atoms with van der Waals surface area (Å²) in [6.45, 7) is 3.58. The molecule has 27 heavy (non-hydrogen) atoms. The minimum atomic E-state index is -1.51. The number of aliphatic imine (C=N–C) groups is 1. The molecule has 0 aliphatic carbocycles. The summed E-state index contributed by atoms with van der Waals surface area (Å²) in [5, 5.41) is 15.1. The summed E-state index contributed by atoms with van der Waals surface area (Å²) in [6, 6.07) is -0.919.